The highest BCUT2D eigenvalue weighted by Gasteiger charge is 2.27. The second-order valence-corrected chi connectivity index (χ2v) is 10.1. The molecule has 1 aromatic heterocycles. The Bertz CT molecular complexity index is 917. The molecule has 7 heteroatoms. The van der Waals surface area contributed by atoms with Crippen LogP contribution in [0.3, 0.4) is 0 Å². The largest absolute Gasteiger partial charge is 0.324 e. The Morgan fingerprint density at radius 3 is 2.00 bits per heavy atom. The van der Waals surface area contributed by atoms with Crippen LogP contribution in [0.15, 0.2) is 18.2 Å². The maximum absolute atomic E-state index is 13.1. The van der Waals surface area contributed by atoms with Gasteiger partial charge in [0, 0.05) is 5.69 Å². The first-order valence-electron chi connectivity index (χ1n) is 13.5. The lowest BCUT2D eigenvalue weighted by molar-refractivity contribution is -0.116. The highest BCUT2D eigenvalue weighted by molar-refractivity contribution is 5.98. The molecule has 1 N–H and O–H groups in total. The fourth-order valence-corrected chi connectivity index (χ4v) is 4.33. The molecule has 192 valence electrons. The number of nitriles is 1. The first-order valence-corrected chi connectivity index (χ1v) is 13.5. The molecule has 0 radical (unpaired) electrons. The minimum absolute atomic E-state index is 0.158. The number of tetrazole rings is 1. The van der Waals surface area contributed by atoms with Gasteiger partial charge in [-0.3, -0.25) is 4.79 Å². The molecule has 0 aliphatic heterocycles. The van der Waals surface area contributed by atoms with Gasteiger partial charge in [0.05, 0.1) is 12.6 Å². The quantitative estimate of drug-likeness (QED) is 0.259. The number of carbonyl (C=O) groups is 1. The van der Waals surface area contributed by atoms with Gasteiger partial charge in [0.1, 0.15) is 0 Å². The Kier molecular flexibility index (Phi) is 12.4. The number of anilines is 1. The summed E-state index contributed by atoms with van der Waals surface area (Å²) in [5.41, 5.74) is 2.90. The van der Waals surface area contributed by atoms with Gasteiger partial charge >= 0.3 is 0 Å². The summed E-state index contributed by atoms with van der Waals surface area (Å²) in [5, 5.41) is 25.2. The molecule has 7 nitrogen and oxygen atoms in total. The third-order valence-corrected chi connectivity index (χ3v) is 6.45. The van der Waals surface area contributed by atoms with Gasteiger partial charge in [-0.05, 0) is 34.6 Å². The van der Waals surface area contributed by atoms with E-state index in [-0.39, 0.29) is 17.7 Å². The van der Waals surface area contributed by atoms with Crippen molar-refractivity contribution in [2.24, 2.45) is 0 Å². The summed E-state index contributed by atoms with van der Waals surface area (Å²) in [6.07, 6.45) is 12.6. The van der Waals surface area contributed by atoms with Gasteiger partial charge in [-0.25, -0.2) is 0 Å². The van der Waals surface area contributed by atoms with Gasteiger partial charge < -0.3 is 5.32 Å². The number of para-hydroxylation sites is 1. The predicted molar refractivity (Wildman–Crippen MR) is 141 cm³/mol. The number of carbonyl (C=O) groups excluding carboxylic acids is 1. The van der Waals surface area contributed by atoms with Crippen molar-refractivity contribution in [3.05, 3.63) is 35.2 Å². The van der Waals surface area contributed by atoms with E-state index in [1.54, 1.807) is 0 Å². The van der Waals surface area contributed by atoms with Gasteiger partial charge in [0.15, 0.2) is 5.92 Å². The molecule has 0 saturated carbocycles. The lowest BCUT2D eigenvalue weighted by atomic mass is 9.92. The Labute approximate surface area is 211 Å². The second kappa shape index (κ2) is 15.3. The Balaban J connectivity index is 1.89. The van der Waals surface area contributed by atoms with Crippen molar-refractivity contribution in [3.8, 4) is 6.07 Å². The van der Waals surface area contributed by atoms with E-state index in [1.165, 1.54) is 56.2 Å². The minimum atomic E-state index is -1.10. The van der Waals surface area contributed by atoms with Crippen molar-refractivity contribution < 1.29 is 4.79 Å². The van der Waals surface area contributed by atoms with E-state index in [9.17, 15) is 10.1 Å². The molecule has 1 aromatic carbocycles. The summed E-state index contributed by atoms with van der Waals surface area (Å²) in [6.45, 7) is 11.3. The highest BCUT2D eigenvalue weighted by Crippen LogP contribution is 2.33. The number of rotatable bonds is 16. The number of aromatic nitrogens is 4. The number of hydrogen-bond donors (Lipinski definition) is 1. The summed E-state index contributed by atoms with van der Waals surface area (Å²) in [4.78, 5) is 14.6. The van der Waals surface area contributed by atoms with Gasteiger partial charge in [0.25, 0.3) is 0 Å². The first-order chi connectivity index (χ1) is 16.9. The fourth-order valence-electron chi connectivity index (χ4n) is 4.33. The zero-order valence-electron chi connectivity index (χ0n) is 22.4. The topological polar surface area (TPSA) is 96.5 Å². The molecule has 0 unspecified atom stereocenters. The van der Waals surface area contributed by atoms with Gasteiger partial charge in [-0.2, -0.15) is 10.1 Å². The third kappa shape index (κ3) is 9.08. The number of amides is 1. The van der Waals surface area contributed by atoms with E-state index in [1.807, 2.05) is 18.2 Å². The zero-order chi connectivity index (χ0) is 25.6. The Hall–Kier alpha value is -2.75. The van der Waals surface area contributed by atoms with E-state index < -0.39 is 11.8 Å². The average Bonchev–Trinajstić information content (AvgIpc) is 3.29. The minimum Gasteiger partial charge on any atom is -0.324 e. The summed E-state index contributed by atoms with van der Waals surface area (Å²) in [7, 11) is 0. The maximum atomic E-state index is 13.1. The van der Waals surface area contributed by atoms with Crippen LogP contribution < -0.4 is 5.32 Å². The maximum Gasteiger partial charge on any atom is 0.249 e. The lowest BCUT2D eigenvalue weighted by Gasteiger charge is -2.20. The Morgan fingerprint density at radius 1 is 0.943 bits per heavy atom. The van der Waals surface area contributed by atoms with Crippen LogP contribution in [-0.2, 0) is 11.3 Å². The number of benzene rings is 1. The number of hydrogen-bond acceptors (Lipinski definition) is 5. The summed E-state index contributed by atoms with van der Waals surface area (Å²) in [6, 6.07) is 8.13. The molecule has 1 heterocycles. The first kappa shape index (κ1) is 28.5. The standard InChI is InChI=1S/C28H44N6O/c1-6-7-8-9-10-11-12-13-14-15-19-34-32-27(31-33-34)25(20-29)28(35)30-26-23(21(2)3)17-16-18-24(26)22(4)5/h16-18,21-22,25H,6-15,19H2,1-5H3,(H,30,35)/t25-/m1/s1. The van der Waals surface area contributed by atoms with Crippen LogP contribution in [0, 0.1) is 11.3 Å². The molecule has 2 rings (SSSR count). The van der Waals surface area contributed by atoms with Crippen LogP contribution >= 0.6 is 0 Å². The van der Waals surface area contributed by atoms with Gasteiger partial charge in [0.2, 0.25) is 11.7 Å². The molecule has 0 saturated heterocycles. The van der Waals surface area contributed by atoms with Crippen molar-refractivity contribution in [2.45, 2.75) is 123 Å². The van der Waals surface area contributed by atoms with Crippen molar-refractivity contribution in [1.82, 2.24) is 20.2 Å². The van der Waals surface area contributed by atoms with E-state index in [0.717, 1.165) is 29.7 Å². The van der Waals surface area contributed by atoms with Crippen molar-refractivity contribution in [3.63, 3.8) is 0 Å². The summed E-state index contributed by atoms with van der Waals surface area (Å²) < 4.78 is 0. The molecule has 1 atom stereocenters. The van der Waals surface area contributed by atoms with Gasteiger partial charge in [-0.15, -0.1) is 10.2 Å². The Morgan fingerprint density at radius 2 is 1.49 bits per heavy atom. The van der Waals surface area contributed by atoms with Crippen LogP contribution in [0.5, 0.6) is 0 Å². The summed E-state index contributed by atoms with van der Waals surface area (Å²) >= 11 is 0. The molecule has 0 spiro atoms. The molecule has 2 aromatic rings. The van der Waals surface area contributed by atoms with E-state index in [2.05, 4.69) is 61.4 Å². The van der Waals surface area contributed by atoms with Crippen LogP contribution in [0.2, 0.25) is 0 Å². The molecule has 0 aliphatic rings. The normalized spacial score (nSPS) is 12.2. The van der Waals surface area contributed by atoms with E-state index in [4.69, 9.17) is 0 Å². The van der Waals surface area contributed by atoms with Crippen LogP contribution in [0.4, 0.5) is 5.69 Å². The van der Waals surface area contributed by atoms with E-state index >= 15 is 0 Å². The molecular weight excluding hydrogens is 436 g/mol. The van der Waals surface area contributed by atoms with Crippen molar-refractivity contribution in [1.29, 1.82) is 5.26 Å². The molecule has 0 aliphatic carbocycles. The lowest BCUT2D eigenvalue weighted by Crippen LogP contribution is -2.23. The van der Waals surface area contributed by atoms with Gasteiger partial charge in [-0.1, -0.05) is 111 Å². The number of nitrogens with zero attached hydrogens (tertiary/aromatic N) is 5. The van der Waals surface area contributed by atoms with Crippen molar-refractivity contribution >= 4 is 11.6 Å². The monoisotopic (exact) mass is 480 g/mol. The average molecular weight is 481 g/mol. The van der Waals surface area contributed by atoms with Crippen LogP contribution in [0.25, 0.3) is 0 Å². The molecule has 1 amide bonds. The zero-order valence-corrected chi connectivity index (χ0v) is 22.4. The van der Waals surface area contributed by atoms with Crippen LogP contribution in [0.1, 0.15) is 134 Å². The molecular formula is C28H44N6O. The van der Waals surface area contributed by atoms with Crippen LogP contribution in [-0.4, -0.2) is 26.1 Å². The summed E-state index contributed by atoms with van der Waals surface area (Å²) in [5.74, 6) is -0.878. The molecule has 0 fully saturated rings. The van der Waals surface area contributed by atoms with Crippen molar-refractivity contribution in [2.75, 3.05) is 5.32 Å². The SMILES string of the molecule is CCCCCCCCCCCCn1nnc([C@@H](C#N)C(=O)Nc2c(C(C)C)cccc2C(C)C)n1. The number of aryl methyl sites for hydroxylation is 1. The second-order valence-electron chi connectivity index (χ2n) is 10.1. The fraction of sp³-hybridized carbons (Fsp3) is 0.679. The predicted octanol–water partition coefficient (Wildman–Crippen LogP) is 7.09. The smallest absolute Gasteiger partial charge is 0.249 e. The van der Waals surface area contributed by atoms with E-state index in [0.29, 0.717) is 6.54 Å². The molecule has 35 heavy (non-hydrogen) atoms. The number of nitrogens with one attached hydrogen (secondary N) is 1. The number of unbranched alkanes of at least 4 members (excludes halogenated alkanes) is 9. The third-order valence-electron chi connectivity index (χ3n) is 6.45. The highest BCUT2D eigenvalue weighted by atomic mass is 16.2. The molecule has 0 bridgehead atoms.